The Hall–Kier alpha value is -1.47. The molecule has 6 nitrogen and oxygen atoms in total. The number of nitrogens with one attached hydrogen (secondary N) is 2. The van der Waals surface area contributed by atoms with Gasteiger partial charge in [0.15, 0.2) is 10.6 Å². The summed E-state index contributed by atoms with van der Waals surface area (Å²) in [7, 11) is 1.66. The lowest BCUT2D eigenvalue weighted by Crippen LogP contribution is -2.06. The van der Waals surface area contributed by atoms with Crippen LogP contribution in [0.5, 0.6) is 0 Å². The van der Waals surface area contributed by atoms with Gasteiger partial charge in [-0.3, -0.25) is 14.8 Å². The van der Waals surface area contributed by atoms with Gasteiger partial charge in [0, 0.05) is 12.8 Å². The minimum Gasteiger partial charge on any atom is -0.383 e. The van der Waals surface area contributed by atoms with Gasteiger partial charge in [-0.05, 0) is 19.1 Å². The van der Waals surface area contributed by atoms with Crippen LogP contribution in [-0.2, 0) is 11.3 Å². The number of hydrogen-bond donors (Lipinski definition) is 2. The summed E-state index contributed by atoms with van der Waals surface area (Å²) >= 11 is 5.16. The molecule has 0 fully saturated rings. The van der Waals surface area contributed by atoms with E-state index < -0.39 is 0 Å². The van der Waals surface area contributed by atoms with Crippen molar-refractivity contribution in [1.29, 1.82) is 0 Å². The summed E-state index contributed by atoms with van der Waals surface area (Å²) in [6, 6.07) is 0. The minimum absolute atomic E-state index is 0.590. The Morgan fingerprint density at radius 2 is 2.31 bits per heavy atom. The molecule has 0 aliphatic heterocycles. The summed E-state index contributed by atoms with van der Waals surface area (Å²) in [4.78, 5) is 0. The second kappa shape index (κ2) is 4.58. The molecular formula is C9H13N5OS. The second-order valence-corrected chi connectivity index (χ2v) is 3.79. The molecule has 0 spiro atoms. The number of aromatic nitrogens is 5. The van der Waals surface area contributed by atoms with Gasteiger partial charge in [-0.2, -0.15) is 10.2 Å². The van der Waals surface area contributed by atoms with Crippen molar-refractivity contribution in [2.45, 2.75) is 13.5 Å². The number of rotatable bonds is 4. The quantitative estimate of drug-likeness (QED) is 0.788. The Balaban J connectivity index is 2.42. The summed E-state index contributed by atoms with van der Waals surface area (Å²) in [6.07, 6.45) is 1.74. The van der Waals surface area contributed by atoms with Crippen molar-refractivity contribution in [3.05, 3.63) is 16.7 Å². The zero-order valence-corrected chi connectivity index (χ0v) is 9.97. The average Bonchev–Trinajstić information content (AvgIpc) is 2.82. The molecular weight excluding hydrogens is 226 g/mol. The largest absolute Gasteiger partial charge is 0.383 e. The van der Waals surface area contributed by atoms with Crippen molar-refractivity contribution < 1.29 is 4.74 Å². The number of H-pyrrole nitrogens is 2. The average molecular weight is 239 g/mol. The third-order valence-corrected chi connectivity index (χ3v) is 2.66. The Bertz CT molecular complexity index is 526. The molecule has 16 heavy (non-hydrogen) atoms. The standard InChI is InChI=1S/C9H13N5OS/c1-6-7(5-10-11-6)8-12-13-9(16)14(8)3-4-15-2/h5H,3-4H2,1-2H3,(H,10,11)(H,13,16). The molecule has 0 amide bonds. The fourth-order valence-corrected chi connectivity index (χ4v) is 1.71. The molecule has 0 atom stereocenters. The highest BCUT2D eigenvalue weighted by atomic mass is 32.1. The summed E-state index contributed by atoms with van der Waals surface area (Å²) in [5, 5.41) is 13.8. The molecule has 2 aromatic heterocycles. The smallest absolute Gasteiger partial charge is 0.195 e. The van der Waals surface area contributed by atoms with Gasteiger partial charge < -0.3 is 4.74 Å². The van der Waals surface area contributed by atoms with E-state index in [1.165, 1.54) is 0 Å². The third-order valence-electron chi connectivity index (χ3n) is 2.35. The maximum absolute atomic E-state index is 5.16. The summed E-state index contributed by atoms with van der Waals surface area (Å²) < 4.78 is 7.53. The van der Waals surface area contributed by atoms with Crippen molar-refractivity contribution in [3.63, 3.8) is 0 Å². The molecule has 0 aliphatic rings. The van der Waals surface area contributed by atoms with Crippen molar-refractivity contribution >= 4 is 12.2 Å². The van der Waals surface area contributed by atoms with Gasteiger partial charge in [0.2, 0.25) is 0 Å². The summed E-state index contributed by atoms with van der Waals surface area (Å²) in [5.74, 6) is 0.785. The Morgan fingerprint density at radius 3 is 2.94 bits per heavy atom. The van der Waals surface area contributed by atoms with Crippen LogP contribution in [0.2, 0.25) is 0 Å². The van der Waals surface area contributed by atoms with E-state index in [0.717, 1.165) is 17.1 Å². The van der Waals surface area contributed by atoms with Crippen LogP contribution < -0.4 is 0 Å². The number of nitrogens with zero attached hydrogens (tertiary/aromatic N) is 3. The molecule has 2 aromatic rings. The van der Waals surface area contributed by atoms with E-state index in [1.807, 2.05) is 11.5 Å². The third kappa shape index (κ3) is 1.91. The van der Waals surface area contributed by atoms with Crippen LogP contribution in [0.15, 0.2) is 6.20 Å². The molecule has 2 N–H and O–H groups in total. The molecule has 0 radical (unpaired) electrons. The first-order valence-electron chi connectivity index (χ1n) is 4.88. The monoisotopic (exact) mass is 239 g/mol. The normalized spacial score (nSPS) is 10.9. The van der Waals surface area contributed by atoms with Crippen LogP contribution in [0.3, 0.4) is 0 Å². The SMILES string of the molecule is COCCn1c(-c2cn[nH]c2C)n[nH]c1=S. The number of ether oxygens (including phenoxy) is 1. The molecule has 0 saturated carbocycles. The first-order chi connectivity index (χ1) is 7.74. The van der Waals surface area contributed by atoms with Crippen LogP contribution in [0, 0.1) is 11.7 Å². The number of methoxy groups -OCH3 is 1. The van der Waals surface area contributed by atoms with E-state index in [0.29, 0.717) is 17.9 Å². The first-order valence-corrected chi connectivity index (χ1v) is 5.29. The van der Waals surface area contributed by atoms with E-state index in [1.54, 1.807) is 13.3 Å². The molecule has 2 heterocycles. The zero-order valence-electron chi connectivity index (χ0n) is 9.15. The van der Waals surface area contributed by atoms with E-state index in [-0.39, 0.29) is 0 Å². The lowest BCUT2D eigenvalue weighted by molar-refractivity contribution is 0.187. The lowest BCUT2D eigenvalue weighted by atomic mass is 10.2. The number of aromatic amines is 2. The molecule has 0 saturated heterocycles. The van der Waals surface area contributed by atoms with E-state index in [9.17, 15) is 0 Å². The zero-order chi connectivity index (χ0) is 11.5. The molecule has 0 aliphatic carbocycles. The van der Waals surface area contributed by atoms with Gasteiger partial charge >= 0.3 is 0 Å². The van der Waals surface area contributed by atoms with Gasteiger partial charge in [-0.1, -0.05) is 0 Å². The van der Waals surface area contributed by atoms with Gasteiger partial charge in [-0.25, -0.2) is 0 Å². The lowest BCUT2D eigenvalue weighted by Gasteiger charge is -2.04. The fourth-order valence-electron chi connectivity index (χ4n) is 1.49. The highest BCUT2D eigenvalue weighted by molar-refractivity contribution is 7.71. The molecule has 86 valence electrons. The van der Waals surface area contributed by atoms with E-state index >= 15 is 0 Å². The van der Waals surface area contributed by atoms with Crippen molar-refractivity contribution in [1.82, 2.24) is 25.0 Å². The maximum Gasteiger partial charge on any atom is 0.195 e. The first kappa shape index (κ1) is 11.0. The van der Waals surface area contributed by atoms with Crippen molar-refractivity contribution in [2.75, 3.05) is 13.7 Å². The molecule has 0 unspecified atom stereocenters. The van der Waals surface area contributed by atoms with Gasteiger partial charge in [-0.15, -0.1) is 0 Å². The Morgan fingerprint density at radius 1 is 1.50 bits per heavy atom. The molecule has 0 bridgehead atoms. The Labute approximate surface area is 97.6 Å². The summed E-state index contributed by atoms with van der Waals surface area (Å²) in [5.41, 5.74) is 1.91. The molecule has 0 aromatic carbocycles. The van der Waals surface area contributed by atoms with Crippen molar-refractivity contribution in [3.8, 4) is 11.4 Å². The highest BCUT2D eigenvalue weighted by Crippen LogP contribution is 2.18. The topological polar surface area (TPSA) is 71.5 Å². The fraction of sp³-hybridized carbons (Fsp3) is 0.444. The highest BCUT2D eigenvalue weighted by Gasteiger charge is 2.12. The Kier molecular flexibility index (Phi) is 3.16. The van der Waals surface area contributed by atoms with Crippen LogP contribution in [-0.4, -0.2) is 38.7 Å². The predicted molar refractivity (Wildman–Crippen MR) is 61.6 cm³/mol. The predicted octanol–water partition coefficient (Wildman–Crippen LogP) is 1.29. The van der Waals surface area contributed by atoms with Crippen LogP contribution >= 0.6 is 12.2 Å². The van der Waals surface area contributed by atoms with E-state index in [4.69, 9.17) is 17.0 Å². The molecule has 2 rings (SSSR count). The van der Waals surface area contributed by atoms with Gasteiger partial charge in [0.25, 0.3) is 0 Å². The van der Waals surface area contributed by atoms with Crippen molar-refractivity contribution in [2.24, 2.45) is 0 Å². The van der Waals surface area contributed by atoms with Gasteiger partial charge in [0.05, 0.1) is 24.9 Å². The second-order valence-electron chi connectivity index (χ2n) is 3.41. The number of aryl methyl sites for hydroxylation is 1. The molecule has 7 heteroatoms. The van der Waals surface area contributed by atoms with Crippen LogP contribution in [0.4, 0.5) is 0 Å². The van der Waals surface area contributed by atoms with E-state index in [2.05, 4.69) is 20.4 Å². The van der Waals surface area contributed by atoms with Crippen LogP contribution in [0.25, 0.3) is 11.4 Å². The maximum atomic E-state index is 5.16. The van der Waals surface area contributed by atoms with Gasteiger partial charge in [0.1, 0.15) is 0 Å². The minimum atomic E-state index is 0.590. The summed E-state index contributed by atoms with van der Waals surface area (Å²) in [6.45, 7) is 3.21. The van der Waals surface area contributed by atoms with Crippen LogP contribution in [0.1, 0.15) is 5.69 Å². The number of hydrogen-bond acceptors (Lipinski definition) is 4.